The van der Waals surface area contributed by atoms with E-state index in [1.54, 1.807) is 26.0 Å². The van der Waals surface area contributed by atoms with Crippen molar-refractivity contribution in [2.75, 3.05) is 18.5 Å². The lowest BCUT2D eigenvalue weighted by Gasteiger charge is -2.27. The quantitative estimate of drug-likeness (QED) is 0.726. The van der Waals surface area contributed by atoms with Crippen molar-refractivity contribution in [2.45, 2.75) is 19.9 Å². The predicted octanol–water partition coefficient (Wildman–Crippen LogP) is 2.27. The van der Waals surface area contributed by atoms with Crippen LogP contribution in [0.2, 0.25) is 5.02 Å². The molecule has 0 fully saturated rings. The first-order chi connectivity index (χ1) is 10.5. The Morgan fingerprint density at radius 1 is 1.36 bits per heavy atom. The minimum atomic E-state index is -0.435. The third-order valence-electron chi connectivity index (χ3n) is 3.18. The molecule has 3 N–H and O–H groups in total. The van der Waals surface area contributed by atoms with Crippen LogP contribution in [0.4, 0.5) is 10.5 Å². The first kappa shape index (κ1) is 16.2. The highest BCUT2D eigenvalue weighted by Crippen LogP contribution is 2.17. The number of urea groups is 1. The van der Waals surface area contributed by atoms with Gasteiger partial charge in [-0.1, -0.05) is 11.6 Å². The number of carbonyl (C=O) groups is 2. The highest BCUT2D eigenvalue weighted by atomic mass is 35.5. The van der Waals surface area contributed by atoms with Gasteiger partial charge in [0.1, 0.15) is 0 Å². The van der Waals surface area contributed by atoms with E-state index in [1.165, 1.54) is 0 Å². The Hall–Kier alpha value is -2.21. The van der Waals surface area contributed by atoms with E-state index in [4.69, 9.17) is 16.3 Å². The SMILES string of the molecule is CCOC(=O)C1=C(CNc2ccc(Cl)cc2)NC(=O)NC1C. The Balaban J connectivity index is 2.18. The number of benzene rings is 1. The molecule has 1 aliphatic rings. The molecule has 0 spiro atoms. The molecule has 0 saturated heterocycles. The number of ether oxygens (including phenoxy) is 1. The summed E-state index contributed by atoms with van der Waals surface area (Å²) in [5, 5.41) is 9.09. The highest BCUT2D eigenvalue weighted by Gasteiger charge is 2.29. The number of hydrogen-bond donors (Lipinski definition) is 3. The Labute approximate surface area is 133 Å². The van der Waals surface area contributed by atoms with Gasteiger partial charge in [-0.3, -0.25) is 0 Å². The number of hydrogen-bond acceptors (Lipinski definition) is 4. The van der Waals surface area contributed by atoms with Crippen molar-refractivity contribution in [2.24, 2.45) is 0 Å². The molecule has 118 valence electrons. The molecular weight excluding hydrogens is 306 g/mol. The van der Waals surface area contributed by atoms with Crippen LogP contribution in [0.25, 0.3) is 0 Å². The molecule has 1 aromatic rings. The largest absolute Gasteiger partial charge is 0.463 e. The summed E-state index contributed by atoms with van der Waals surface area (Å²) in [7, 11) is 0. The fraction of sp³-hybridized carbons (Fsp3) is 0.333. The Morgan fingerprint density at radius 2 is 2.05 bits per heavy atom. The van der Waals surface area contributed by atoms with Crippen molar-refractivity contribution in [1.82, 2.24) is 10.6 Å². The zero-order valence-corrected chi connectivity index (χ0v) is 13.2. The molecular formula is C15H18ClN3O3. The van der Waals surface area contributed by atoms with Gasteiger partial charge in [-0.2, -0.15) is 0 Å². The monoisotopic (exact) mass is 323 g/mol. The summed E-state index contributed by atoms with van der Waals surface area (Å²) in [5.74, 6) is -0.435. The molecule has 1 atom stereocenters. The Morgan fingerprint density at radius 3 is 2.68 bits per heavy atom. The van der Waals surface area contributed by atoms with Crippen molar-refractivity contribution < 1.29 is 14.3 Å². The van der Waals surface area contributed by atoms with Crippen LogP contribution in [0.5, 0.6) is 0 Å². The summed E-state index contributed by atoms with van der Waals surface area (Å²) in [4.78, 5) is 23.7. The summed E-state index contributed by atoms with van der Waals surface area (Å²) in [6.07, 6.45) is 0. The van der Waals surface area contributed by atoms with E-state index in [1.807, 2.05) is 12.1 Å². The summed E-state index contributed by atoms with van der Waals surface area (Å²) in [6.45, 7) is 4.06. The van der Waals surface area contributed by atoms with Crippen molar-refractivity contribution >= 4 is 29.3 Å². The zero-order valence-electron chi connectivity index (χ0n) is 12.4. The molecule has 0 bridgehead atoms. The van der Waals surface area contributed by atoms with Crippen LogP contribution in [0.3, 0.4) is 0 Å². The minimum Gasteiger partial charge on any atom is -0.463 e. The molecule has 1 aliphatic heterocycles. The number of rotatable bonds is 5. The molecule has 6 nitrogen and oxygen atoms in total. The van der Waals surface area contributed by atoms with Gasteiger partial charge in [-0.05, 0) is 38.1 Å². The molecule has 0 aromatic heterocycles. The average Bonchev–Trinajstić information content (AvgIpc) is 2.46. The maximum atomic E-state index is 12.1. The van der Waals surface area contributed by atoms with E-state index < -0.39 is 12.0 Å². The maximum Gasteiger partial charge on any atom is 0.337 e. The molecule has 0 radical (unpaired) electrons. The van der Waals surface area contributed by atoms with Crippen LogP contribution in [0, 0.1) is 0 Å². The fourth-order valence-corrected chi connectivity index (χ4v) is 2.30. The van der Waals surface area contributed by atoms with Gasteiger partial charge in [-0.15, -0.1) is 0 Å². The van der Waals surface area contributed by atoms with Crippen LogP contribution in [0.1, 0.15) is 13.8 Å². The van der Waals surface area contributed by atoms with Gasteiger partial charge in [0.25, 0.3) is 0 Å². The summed E-state index contributed by atoms with van der Waals surface area (Å²) in [6, 6.07) is 6.41. The third-order valence-corrected chi connectivity index (χ3v) is 3.43. The number of amides is 2. The molecule has 7 heteroatoms. The van der Waals surface area contributed by atoms with E-state index in [9.17, 15) is 9.59 Å². The first-order valence-electron chi connectivity index (χ1n) is 6.98. The minimum absolute atomic E-state index is 0.279. The van der Waals surface area contributed by atoms with E-state index in [0.29, 0.717) is 22.8 Å². The van der Waals surface area contributed by atoms with Gasteiger partial charge in [0, 0.05) is 10.7 Å². The third kappa shape index (κ3) is 3.92. The lowest BCUT2D eigenvalue weighted by Crippen LogP contribution is -2.50. The van der Waals surface area contributed by atoms with Crippen molar-refractivity contribution in [3.8, 4) is 0 Å². The standard InChI is InChI=1S/C15H18ClN3O3/c1-3-22-14(20)13-9(2)18-15(21)19-12(13)8-17-11-6-4-10(16)5-7-11/h4-7,9,17H,3,8H2,1-2H3,(H2,18,19,21). The predicted molar refractivity (Wildman–Crippen MR) is 84.7 cm³/mol. The number of nitrogens with one attached hydrogen (secondary N) is 3. The summed E-state index contributed by atoms with van der Waals surface area (Å²) in [5.41, 5.74) is 1.76. The van der Waals surface area contributed by atoms with Crippen molar-refractivity contribution in [1.29, 1.82) is 0 Å². The fourth-order valence-electron chi connectivity index (χ4n) is 2.18. The molecule has 0 aliphatic carbocycles. The molecule has 1 unspecified atom stereocenters. The average molecular weight is 324 g/mol. The number of halogens is 1. The molecule has 1 aromatic carbocycles. The maximum absolute atomic E-state index is 12.1. The summed E-state index contributed by atoms with van der Waals surface area (Å²) < 4.78 is 5.05. The number of carbonyl (C=O) groups excluding carboxylic acids is 2. The van der Waals surface area contributed by atoms with Gasteiger partial charge < -0.3 is 20.7 Å². The van der Waals surface area contributed by atoms with Crippen molar-refractivity contribution in [3.63, 3.8) is 0 Å². The number of anilines is 1. The normalized spacial score (nSPS) is 17.6. The van der Waals surface area contributed by atoms with Gasteiger partial charge in [0.15, 0.2) is 0 Å². The van der Waals surface area contributed by atoms with Crippen LogP contribution in [0.15, 0.2) is 35.5 Å². The van der Waals surface area contributed by atoms with Crippen molar-refractivity contribution in [3.05, 3.63) is 40.6 Å². The number of esters is 1. The van der Waals surface area contributed by atoms with Crippen LogP contribution >= 0.6 is 11.6 Å². The first-order valence-corrected chi connectivity index (χ1v) is 7.36. The molecule has 2 amide bonds. The Bertz CT molecular complexity index is 599. The van der Waals surface area contributed by atoms with E-state index >= 15 is 0 Å². The molecule has 0 saturated carbocycles. The van der Waals surface area contributed by atoms with Crippen LogP contribution in [-0.2, 0) is 9.53 Å². The van der Waals surface area contributed by atoms with Gasteiger partial charge in [0.05, 0.1) is 30.5 Å². The second kappa shape index (κ2) is 7.17. The van der Waals surface area contributed by atoms with Crippen LogP contribution < -0.4 is 16.0 Å². The zero-order chi connectivity index (χ0) is 16.1. The lowest BCUT2D eigenvalue weighted by atomic mass is 10.0. The topological polar surface area (TPSA) is 79.5 Å². The van der Waals surface area contributed by atoms with Gasteiger partial charge in [0.2, 0.25) is 0 Å². The molecule has 2 rings (SSSR count). The second-order valence-electron chi connectivity index (χ2n) is 4.79. The molecule has 22 heavy (non-hydrogen) atoms. The Kier molecular flexibility index (Phi) is 5.27. The van der Waals surface area contributed by atoms with E-state index in [-0.39, 0.29) is 12.6 Å². The second-order valence-corrected chi connectivity index (χ2v) is 5.23. The summed E-state index contributed by atoms with van der Waals surface area (Å²) >= 11 is 5.83. The van der Waals surface area contributed by atoms with Crippen LogP contribution in [-0.4, -0.2) is 31.2 Å². The smallest absolute Gasteiger partial charge is 0.337 e. The molecule has 1 heterocycles. The van der Waals surface area contributed by atoms with Gasteiger partial charge in [-0.25, -0.2) is 9.59 Å². The van der Waals surface area contributed by atoms with E-state index in [0.717, 1.165) is 5.69 Å². The lowest BCUT2D eigenvalue weighted by molar-refractivity contribution is -0.138. The van der Waals surface area contributed by atoms with E-state index in [2.05, 4.69) is 16.0 Å². The van der Waals surface area contributed by atoms with Gasteiger partial charge >= 0.3 is 12.0 Å². The highest BCUT2D eigenvalue weighted by molar-refractivity contribution is 6.30.